The third kappa shape index (κ3) is 3.81. The van der Waals surface area contributed by atoms with Gasteiger partial charge in [0.15, 0.2) is 0 Å². The molecule has 100 valence electrons. The van der Waals surface area contributed by atoms with Gasteiger partial charge in [-0.25, -0.2) is 4.79 Å². The molecule has 0 saturated carbocycles. The molecule has 19 heavy (non-hydrogen) atoms. The lowest BCUT2D eigenvalue weighted by molar-refractivity contribution is -0.139. The summed E-state index contributed by atoms with van der Waals surface area (Å²) in [6.45, 7) is 3.79. The molecule has 0 radical (unpaired) electrons. The minimum atomic E-state index is -1.05. The number of aliphatic carboxylic acids is 1. The van der Waals surface area contributed by atoms with E-state index in [9.17, 15) is 14.7 Å². The van der Waals surface area contributed by atoms with Crippen LogP contribution >= 0.6 is 0 Å². The fourth-order valence-corrected chi connectivity index (χ4v) is 1.83. The number of hydrogen-bond donors (Lipinski definition) is 1. The Labute approximate surface area is 112 Å². The molecule has 0 saturated heterocycles. The van der Waals surface area contributed by atoms with Crippen LogP contribution in [0.5, 0.6) is 0 Å². The van der Waals surface area contributed by atoms with Gasteiger partial charge in [-0.3, -0.25) is 4.79 Å². The van der Waals surface area contributed by atoms with Crippen molar-refractivity contribution in [2.75, 3.05) is 4.90 Å². The number of rotatable bonds is 6. The molecule has 0 aromatic heterocycles. The van der Waals surface area contributed by atoms with Gasteiger partial charge in [-0.1, -0.05) is 19.9 Å². The minimum Gasteiger partial charge on any atom is -0.480 e. The molecule has 5 heteroatoms. The fourth-order valence-electron chi connectivity index (χ4n) is 1.83. The number of amides is 1. The van der Waals surface area contributed by atoms with Crippen molar-refractivity contribution in [1.82, 2.24) is 0 Å². The molecule has 1 aromatic carbocycles. The van der Waals surface area contributed by atoms with Crippen molar-refractivity contribution in [3.8, 4) is 6.07 Å². The summed E-state index contributed by atoms with van der Waals surface area (Å²) in [5.41, 5.74) is 0.806. The smallest absolute Gasteiger partial charge is 0.326 e. The molecule has 0 fully saturated rings. The Morgan fingerprint density at radius 3 is 2.68 bits per heavy atom. The van der Waals surface area contributed by atoms with E-state index in [1.165, 1.54) is 6.07 Å². The average molecular weight is 260 g/mol. The monoisotopic (exact) mass is 260 g/mol. The molecule has 0 aliphatic carbocycles. The van der Waals surface area contributed by atoms with Gasteiger partial charge < -0.3 is 10.0 Å². The van der Waals surface area contributed by atoms with E-state index in [2.05, 4.69) is 0 Å². The zero-order chi connectivity index (χ0) is 14.4. The summed E-state index contributed by atoms with van der Waals surface area (Å²) in [5.74, 6) is -0.911. The molecule has 1 aromatic rings. The highest BCUT2D eigenvalue weighted by atomic mass is 16.4. The molecule has 0 aliphatic heterocycles. The Balaban J connectivity index is 3.12. The topological polar surface area (TPSA) is 81.4 Å². The summed E-state index contributed by atoms with van der Waals surface area (Å²) in [7, 11) is 0. The molecule has 1 amide bonds. The zero-order valence-corrected chi connectivity index (χ0v) is 10.9. The first-order valence-electron chi connectivity index (χ1n) is 5.96. The Bertz CT molecular complexity index is 506. The van der Waals surface area contributed by atoms with Gasteiger partial charge in [-0.05, 0) is 30.5 Å². The molecular formula is C14H16N2O3. The number of carboxylic acid groups (broad SMARTS) is 1. The second kappa shape index (κ2) is 6.55. The van der Waals surface area contributed by atoms with Crippen molar-refractivity contribution in [2.45, 2.75) is 26.3 Å². The number of nitriles is 1. The molecule has 0 bridgehead atoms. The summed E-state index contributed by atoms with van der Waals surface area (Å²) in [6.07, 6.45) is 0.850. The van der Waals surface area contributed by atoms with Gasteiger partial charge in [0.05, 0.1) is 11.6 Å². The number of anilines is 1. The fraction of sp³-hybridized carbons (Fsp3) is 0.357. The molecule has 1 unspecified atom stereocenters. The summed E-state index contributed by atoms with van der Waals surface area (Å²) in [6, 6.07) is 7.39. The molecule has 1 atom stereocenters. The van der Waals surface area contributed by atoms with E-state index in [0.29, 0.717) is 24.1 Å². The Hall–Kier alpha value is -2.35. The van der Waals surface area contributed by atoms with Crippen molar-refractivity contribution < 1.29 is 14.7 Å². The summed E-state index contributed by atoms with van der Waals surface area (Å²) >= 11 is 0. The van der Waals surface area contributed by atoms with E-state index in [0.717, 1.165) is 4.90 Å². The number of carbonyl (C=O) groups is 2. The van der Waals surface area contributed by atoms with Crippen LogP contribution in [0.4, 0.5) is 5.69 Å². The van der Waals surface area contributed by atoms with Crippen molar-refractivity contribution in [3.63, 3.8) is 0 Å². The predicted molar refractivity (Wildman–Crippen MR) is 70.6 cm³/mol. The Kier molecular flexibility index (Phi) is 5.07. The van der Waals surface area contributed by atoms with Crippen molar-refractivity contribution in [3.05, 3.63) is 29.8 Å². The van der Waals surface area contributed by atoms with Crippen LogP contribution in [0.25, 0.3) is 0 Å². The SMILES string of the molecule is CC(C)CC(C(=O)O)N(C=O)c1cccc(C#N)c1. The third-order valence-electron chi connectivity index (χ3n) is 2.70. The quantitative estimate of drug-likeness (QED) is 0.793. The van der Waals surface area contributed by atoms with Gasteiger partial charge in [0.1, 0.15) is 6.04 Å². The zero-order valence-electron chi connectivity index (χ0n) is 10.9. The number of carbonyl (C=O) groups excluding carboxylic acids is 1. The van der Waals surface area contributed by atoms with Crippen LogP contribution in [0.1, 0.15) is 25.8 Å². The Morgan fingerprint density at radius 1 is 1.53 bits per heavy atom. The maximum Gasteiger partial charge on any atom is 0.326 e. The van der Waals surface area contributed by atoms with Crippen LogP contribution < -0.4 is 4.90 Å². The number of carboxylic acids is 1. The molecule has 5 nitrogen and oxygen atoms in total. The maximum atomic E-state index is 11.3. The third-order valence-corrected chi connectivity index (χ3v) is 2.70. The maximum absolute atomic E-state index is 11.3. The largest absolute Gasteiger partial charge is 0.480 e. The predicted octanol–water partition coefficient (Wildman–Crippen LogP) is 2.02. The van der Waals surface area contributed by atoms with E-state index in [1.807, 2.05) is 19.9 Å². The molecule has 0 aliphatic rings. The van der Waals surface area contributed by atoms with Crippen LogP contribution in [-0.4, -0.2) is 23.5 Å². The van der Waals surface area contributed by atoms with E-state index in [1.54, 1.807) is 18.2 Å². The highest BCUT2D eigenvalue weighted by Crippen LogP contribution is 2.21. The van der Waals surface area contributed by atoms with Crippen molar-refractivity contribution >= 4 is 18.1 Å². The van der Waals surface area contributed by atoms with Crippen molar-refractivity contribution in [1.29, 1.82) is 5.26 Å². The van der Waals surface area contributed by atoms with Crippen LogP contribution in [-0.2, 0) is 9.59 Å². The lowest BCUT2D eigenvalue weighted by Crippen LogP contribution is -2.41. The van der Waals surface area contributed by atoms with Gasteiger partial charge in [-0.2, -0.15) is 5.26 Å². The molecule has 0 spiro atoms. The highest BCUT2D eigenvalue weighted by molar-refractivity contribution is 5.88. The van der Waals surface area contributed by atoms with E-state index in [-0.39, 0.29) is 5.92 Å². The lowest BCUT2D eigenvalue weighted by atomic mass is 10.0. The van der Waals surface area contributed by atoms with Gasteiger partial charge in [0.25, 0.3) is 0 Å². The van der Waals surface area contributed by atoms with E-state index in [4.69, 9.17) is 5.26 Å². The standard InChI is InChI=1S/C14H16N2O3/c1-10(2)6-13(14(18)19)16(9-17)12-5-3-4-11(7-12)8-15/h3-5,7,9-10,13H,6H2,1-2H3,(H,18,19). The molecule has 1 N–H and O–H groups in total. The van der Waals surface area contributed by atoms with Gasteiger partial charge in [0.2, 0.25) is 6.41 Å². The molecular weight excluding hydrogens is 244 g/mol. The second-order valence-corrected chi connectivity index (χ2v) is 4.66. The van der Waals surface area contributed by atoms with E-state index < -0.39 is 12.0 Å². The lowest BCUT2D eigenvalue weighted by Gasteiger charge is -2.26. The Morgan fingerprint density at radius 2 is 2.21 bits per heavy atom. The number of hydrogen-bond acceptors (Lipinski definition) is 3. The van der Waals surface area contributed by atoms with Crippen LogP contribution in [0, 0.1) is 17.2 Å². The average Bonchev–Trinajstić information content (AvgIpc) is 2.38. The summed E-state index contributed by atoms with van der Waals surface area (Å²) < 4.78 is 0. The number of benzene rings is 1. The van der Waals surface area contributed by atoms with Crippen molar-refractivity contribution in [2.24, 2.45) is 5.92 Å². The first-order chi connectivity index (χ1) is 8.99. The van der Waals surface area contributed by atoms with Crippen LogP contribution in [0.3, 0.4) is 0 Å². The van der Waals surface area contributed by atoms with Gasteiger partial charge >= 0.3 is 5.97 Å². The number of nitrogens with zero attached hydrogens (tertiary/aromatic N) is 2. The normalized spacial score (nSPS) is 11.7. The molecule has 1 rings (SSSR count). The van der Waals surface area contributed by atoms with Gasteiger partial charge in [-0.15, -0.1) is 0 Å². The van der Waals surface area contributed by atoms with Crippen LogP contribution in [0.2, 0.25) is 0 Å². The first kappa shape index (κ1) is 14.7. The summed E-state index contributed by atoms with van der Waals surface area (Å²) in [5, 5.41) is 18.1. The summed E-state index contributed by atoms with van der Waals surface area (Å²) in [4.78, 5) is 23.7. The first-order valence-corrected chi connectivity index (χ1v) is 5.96. The van der Waals surface area contributed by atoms with Gasteiger partial charge in [0, 0.05) is 5.69 Å². The van der Waals surface area contributed by atoms with E-state index >= 15 is 0 Å². The van der Waals surface area contributed by atoms with Crippen LogP contribution in [0.15, 0.2) is 24.3 Å². The molecule has 0 heterocycles. The highest BCUT2D eigenvalue weighted by Gasteiger charge is 2.26. The minimum absolute atomic E-state index is 0.141. The second-order valence-electron chi connectivity index (χ2n) is 4.66.